The molecule has 0 aliphatic carbocycles. The Morgan fingerprint density at radius 1 is 1.32 bits per heavy atom. The van der Waals surface area contributed by atoms with Crippen molar-refractivity contribution in [1.29, 1.82) is 0 Å². The molecule has 5 rings (SSSR count). The molecule has 0 spiro atoms. The molecule has 0 saturated carbocycles. The van der Waals surface area contributed by atoms with Crippen molar-refractivity contribution in [1.82, 2.24) is 25.0 Å². The lowest BCUT2D eigenvalue weighted by molar-refractivity contribution is -0.895. The third-order valence-corrected chi connectivity index (χ3v) is 6.99. The second-order valence-electron chi connectivity index (χ2n) is 7.40. The van der Waals surface area contributed by atoms with Gasteiger partial charge in [-0.1, -0.05) is 12.0 Å². The summed E-state index contributed by atoms with van der Waals surface area (Å²) in [6, 6.07) is 0.579. The van der Waals surface area contributed by atoms with Gasteiger partial charge in [-0.05, 0) is 41.7 Å². The third kappa shape index (κ3) is 2.34. The normalized spacial score (nSPS) is 24.2. The van der Waals surface area contributed by atoms with E-state index in [1.54, 1.807) is 4.90 Å². The largest absolute Gasteiger partial charge is 0.353 e. The number of rotatable bonds is 2. The molecule has 2 atom stereocenters. The Morgan fingerprint density at radius 3 is 3.12 bits per heavy atom. The van der Waals surface area contributed by atoms with E-state index in [1.165, 1.54) is 52.9 Å². The van der Waals surface area contributed by atoms with Gasteiger partial charge in [-0.25, -0.2) is 0 Å². The molecule has 7 nitrogen and oxygen atoms in total. The molecule has 0 bridgehead atoms. The number of quaternary nitrogens is 1. The zero-order valence-corrected chi connectivity index (χ0v) is 15.6. The molecule has 3 aromatic heterocycles. The van der Waals surface area contributed by atoms with Crippen LogP contribution in [0, 0.1) is 0 Å². The Bertz CT molecular complexity index is 930. The zero-order chi connectivity index (χ0) is 17.0. The SMILES string of the molecule is CC[C@H]1CCCCN1c1nc2nnnn2c2sc3c(c12)CC[NH+](C)C3. The lowest BCUT2D eigenvalue weighted by Gasteiger charge is -2.36. The first-order valence-electron chi connectivity index (χ1n) is 9.36. The van der Waals surface area contributed by atoms with Gasteiger partial charge < -0.3 is 9.80 Å². The topological polar surface area (TPSA) is 63.7 Å². The minimum Gasteiger partial charge on any atom is -0.353 e. The number of nitrogens with one attached hydrogen (secondary N) is 1. The van der Waals surface area contributed by atoms with Gasteiger partial charge in [-0.3, -0.25) is 0 Å². The van der Waals surface area contributed by atoms with E-state index in [1.807, 2.05) is 15.9 Å². The van der Waals surface area contributed by atoms with E-state index < -0.39 is 0 Å². The quantitative estimate of drug-likeness (QED) is 0.743. The van der Waals surface area contributed by atoms with Crippen LogP contribution in [0.4, 0.5) is 5.82 Å². The highest BCUT2D eigenvalue weighted by Crippen LogP contribution is 2.39. The Labute approximate surface area is 150 Å². The maximum atomic E-state index is 4.94. The molecule has 0 amide bonds. The summed E-state index contributed by atoms with van der Waals surface area (Å²) in [5.74, 6) is 1.75. The molecule has 25 heavy (non-hydrogen) atoms. The molecular formula is C17H24N7S+. The van der Waals surface area contributed by atoms with Gasteiger partial charge in [0, 0.05) is 19.0 Å². The van der Waals surface area contributed by atoms with Gasteiger partial charge in [-0.15, -0.1) is 11.3 Å². The second kappa shape index (κ2) is 5.88. The molecule has 0 radical (unpaired) electrons. The standard InChI is InChI=1S/C17H23N7S/c1-3-11-6-4-5-8-23(11)15-14-12-7-9-22(2)10-13(12)25-16(14)24-17(18-15)19-20-21-24/h11H,3-10H2,1-2H3/p+1/t11-/m0/s1. The van der Waals surface area contributed by atoms with Crippen LogP contribution in [0.1, 0.15) is 43.0 Å². The van der Waals surface area contributed by atoms with Crippen LogP contribution in [0.2, 0.25) is 0 Å². The monoisotopic (exact) mass is 358 g/mol. The van der Waals surface area contributed by atoms with Crippen molar-refractivity contribution >= 4 is 33.1 Å². The van der Waals surface area contributed by atoms with E-state index in [0.29, 0.717) is 11.8 Å². The highest BCUT2D eigenvalue weighted by atomic mass is 32.1. The number of piperidine rings is 1. The predicted octanol–water partition coefficient (Wildman–Crippen LogP) is 1.07. The number of fused-ring (bicyclic) bond motifs is 5. The van der Waals surface area contributed by atoms with E-state index in [2.05, 4.69) is 34.4 Å². The van der Waals surface area contributed by atoms with Crippen LogP contribution in [0.3, 0.4) is 0 Å². The highest BCUT2D eigenvalue weighted by Gasteiger charge is 2.30. The third-order valence-electron chi connectivity index (χ3n) is 5.78. The van der Waals surface area contributed by atoms with Crippen molar-refractivity contribution < 1.29 is 4.90 Å². The van der Waals surface area contributed by atoms with E-state index >= 15 is 0 Å². The number of aromatic nitrogens is 5. The number of thiophene rings is 1. The van der Waals surface area contributed by atoms with Gasteiger partial charge in [0.25, 0.3) is 5.78 Å². The van der Waals surface area contributed by atoms with Crippen molar-refractivity contribution in [3.63, 3.8) is 0 Å². The Kier molecular flexibility index (Phi) is 3.63. The Balaban J connectivity index is 1.78. The smallest absolute Gasteiger partial charge is 0.276 e. The molecule has 2 aliphatic heterocycles. The van der Waals surface area contributed by atoms with Crippen molar-refractivity contribution in [3.05, 3.63) is 10.4 Å². The predicted molar refractivity (Wildman–Crippen MR) is 98.4 cm³/mol. The minimum absolute atomic E-state index is 0.579. The molecule has 0 aromatic carbocycles. The number of tetrazole rings is 1. The molecule has 8 heteroatoms. The van der Waals surface area contributed by atoms with E-state index in [-0.39, 0.29) is 0 Å². The summed E-state index contributed by atoms with van der Waals surface area (Å²) in [6.07, 6.45) is 6.11. The highest BCUT2D eigenvalue weighted by molar-refractivity contribution is 7.19. The number of likely N-dealkylation sites (N-methyl/N-ethyl adjacent to an activating group) is 1. The van der Waals surface area contributed by atoms with Crippen molar-refractivity contribution in [3.8, 4) is 0 Å². The summed E-state index contributed by atoms with van der Waals surface area (Å²) in [7, 11) is 2.27. The maximum absolute atomic E-state index is 4.94. The van der Waals surface area contributed by atoms with Gasteiger partial charge in [0.05, 0.1) is 23.9 Å². The second-order valence-corrected chi connectivity index (χ2v) is 8.48. The fourth-order valence-electron chi connectivity index (χ4n) is 4.43. The van der Waals surface area contributed by atoms with E-state index in [9.17, 15) is 0 Å². The molecule has 2 aliphatic rings. The summed E-state index contributed by atoms with van der Waals surface area (Å²) >= 11 is 1.86. The lowest BCUT2D eigenvalue weighted by Crippen LogP contribution is -3.08. The zero-order valence-electron chi connectivity index (χ0n) is 14.8. The van der Waals surface area contributed by atoms with Crippen LogP contribution in [-0.4, -0.2) is 51.2 Å². The number of anilines is 1. The summed E-state index contributed by atoms with van der Waals surface area (Å²) < 4.78 is 1.84. The fraction of sp³-hybridized carbons (Fsp3) is 0.647. The van der Waals surface area contributed by atoms with Crippen molar-refractivity contribution in [2.24, 2.45) is 0 Å². The summed E-state index contributed by atoms with van der Waals surface area (Å²) in [6.45, 7) is 5.66. The first kappa shape index (κ1) is 15.5. The van der Waals surface area contributed by atoms with Crippen LogP contribution < -0.4 is 9.80 Å². The molecule has 3 aromatic rings. The van der Waals surface area contributed by atoms with E-state index in [4.69, 9.17) is 4.98 Å². The lowest BCUT2D eigenvalue weighted by atomic mass is 9.98. The van der Waals surface area contributed by atoms with Gasteiger partial charge in [0.1, 0.15) is 17.2 Å². The number of nitrogens with zero attached hydrogens (tertiary/aromatic N) is 6. The molecular weight excluding hydrogens is 334 g/mol. The molecule has 132 valence electrons. The first-order valence-corrected chi connectivity index (χ1v) is 10.2. The number of hydrogen-bond acceptors (Lipinski definition) is 6. The van der Waals surface area contributed by atoms with Crippen molar-refractivity contribution in [2.75, 3.05) is 25.0 Å². The first-order chi connectivity index (χ1) is 12.3. The van der Waals surface area contributed by atoms with E-state index in [0.717, 1.165) is 25.3 Å². The van der Waals surface area contributed by atoms with Crippen LogP contribution in [0.25, 0.3) is 16.0 Å². The fourth-order valence-corrected chi connectivity index (χ4v) is 5.83. The average molecular weight is 358 g/mol. The summed E-state index contributed by atoms with van der Waals surface area (Å²) in [5, 5.41) is 13.6. The Morgan fingerprint density at radius 2 is 2.24 bits per heavy atom. The van der Waals surface area contributed by atoms with Gasteiger partial charge >= 0.3 is 0 Å². The maximum Gasteiger partial charge on any atom is 0.276 e. The van der Waals surface area contributed by atoms with Gasteiger partial charge in [0.15, 0.2) is 0 Å². The number of hydrogen-bond donors (Lipinski definition) is 1. The van der Waals surface area contributed by atoms with Crippen LogP contribution >= 0.6 is 11.3 Å². The van der Waals surface area contributed by atoms with Crippen LogP contribution in [0.15, 0.2) is 0 Å². The van der Waals surface area contributed by atoms with Gasteiger partial charge in [-0.2, -0.15) is 9.50 Å². The van der Waals surface area contributed by atoms with Crippen molar-refractivity contribution in [2.45, 2.75) is 51.6 Å². The molecule has 5 heterocycles. The minimum atomic E-state index is 0.579. The average Bonchev–Trinajstić information content (AvgIpc) is 3.24. The molecule has 1 fully saturated rings. The summed E-state index contributed by atoms with van der Waals surface area (Å²) in [5.41, 5.74) is 1.49. The molecule has 1 unspecified atom stereocenters. The molecule has 1 saturated heterocycles. The molecule has 1 N–H and O–H groups in total. The van der Waals surface area contributed by atoms with Gasteiger partial charge in [0.2, 0.25) is 0 Å². The van der Waals surface area contributed by atoms with Crippen LogP contribution in [0.5, 0.6) is 0 Å². The van der Waals surface area contributed by atoms with Crippen LogP contribution in [-0.2, 0) is 13.0 Å². The summed E-state index contributed by atoms with van der Waals surface area (Å²) in [4.78, 5) is 11.7. The Hall–Kier alpha value is -1.80.